The zero-order valence-corrected chi connectivity index (χ0v) is 16.8. The van der Waals surface area contributed by atoms with Crippen LogP contribution in [0.1, 0.15) is 52.0 Å². The minimum absolute atomic E-state index is 0.167. The van der Waals surface area contributed by atoms with E-state index in [0.717, 1.165) is 38.8 Å². The Morgan fingerprint density at radius 1 is 1.23 bits per heavy atom. The van der Waals surface area contributed by atoms with Crippen LogP contribution in [-0.2, 0) is 16.0 Å². The lowest BCUT2D eigenvalue weighted by atomic mass is 9.84. The van der Waals surface area contributed by atoms with Crippen molar-refractivity contribution in [3.63, 3.8) is 0 Å². The molecule has 144 valence electrons. The molecule has 0 spiro atoms. The number of likely N-dealkylation sites (tertiary alicyclic amines) is 1. The lowest BCUT2D eigenvalue weighted by molar-refractivity contribution is -0.150. The fourth-order valence-electron chi connectivity index (χ4n) is 3.52. The van der Waals surface area contributed by atoms with Crippen molar-refractivity contribution in [2.24, 2.45) is 5.41 Å². The molecule has 1 aliphatic heterocycles. The van der Waals surface area contributed by atoms with Crippen LogP contribution in [0.2, 0.25) is 0 Å². The summed E-state index contributed by atoms with van der Waals surface area (Å²) in [5.41, 5.74) is 0.803. The van der Waals surface area contributed by atoms with Gasteiger partial charge >= 0.3 is 0 Å². The first-order valence-corrected chi connectivity index (χ1v) is 9.93. The van der Waals surface area contributed by atoms with E-state index in [1.54, 1.807) is 0 Å². The van der Waals surface area contributed by atoms with Crippen LogP contribution in [0.4, 0.5) is 0 Å². The Balaban J connectivity index is 1.83. The van der Waals surface area contributed by atoms with Crippen molar-refractivity contribution < 1.29 is 9.59 Å². The summed E-state index contributed by atoms with van der Waals surface area (Å²) in [6, 6.07) is 10.7. The third-order valence-electron chi connectivity index (χ3n) is 5.70. The normalized spacial score (nSPS) is 17.7. The minimum atomic E-state index is -0.564. The van der Waals surface area contributed by atoms with E-state index in [0.29, 0.717) is 13.0 Å². The SMILES string of the molecule is CCC(C)(C)C(=O)C(=O)N1CCC[C@H]1CN(C)CCCc1ccccc1. The molecule has 0 saturated carbocycles. The third kappa shape index (κ3) is 5.41. The first-order valence-electron chi connectivity index (χ1n) is 9.93. The highest BCUT2D eigenvalue weighted by molar-refractivity contribution is 6.38. The van der Waals surface area contributed by atoms with Gasteiger partial charge in [0.05, 0.1) is 0 Å². The summed E-state index contributed by atoms with van der Waals surface area (Å²) in [6.45, 7) is 8.27. The highest BCUT2D eigenvalue weighted by Crippen LogP contribution is 2.25. The minimum Gasteiger partial charge on any atom is -0.332 e. The van der Waals surface area contributed by atoms with Crippen LogP contribution in [0.5, 0.6) is 0 Å². The fourth-order valence-corrected chi connectivity index (χ4v) is 3.52. The maximum absolute atomic E-state index is 12.7. The molecule has 4 heteroatoms. The molecule has 26 heavy (non-hydrogen) atoms. The standard InChI is InChI=1S/C22H34N2O2/c1-5-22(2,3)20(25)21(26)24-16-10-14-19(24)17-23(4)15-9-13-18-11-7-6-8-12-18/h6-8,11-12,19H,5,9-10,13-17H2,1-4H3/t19-/m0/s1. The van der Waals surface area contributed by atoms with E-state index in [4.69, 9.17) is 0 Å². The number of rotatable bonds is 9. The third-order valence-corrected chi connectivity index (χ3v) is 5.70. The molecule has 1 aromatic rings. The number of Topliss-reactive ketones (excluding diaryl/α,β-unsaturated/α-hetero) is 1. The van der Waals surface area contributed by atoms with Gasteiger partial charge in [0.2, 0.25) is 5.78 Å². The molecule has 1 saturated heterocycles. The van der Waals surface area contributed by atoms with Crippen LogP contribution < -0.4 is 0 Å². The number of hydrogen-bond donors (Lipinski definition) is 0. The van der Waals surface area contributed by atoms with Gasteiger partial charge < -0.3 is 9.80 Å². The van der Waals surface area contributed by atoms with E-state index in [9.17, 15) is 9.59 Å². The molecule has 0 aliphatic carbocycles. The van der Waals surface area contributed by atoms with E-state index in [2.05, 4.69) is 36.2 Å². The second-order valence-electron chi connectivity index (χ2n) is 8.21. The number of carbonyl (C=O) groups is 2. The molecular formula is C22H34N2O2. The van der Waals surface area contributed by atoms with Gasteiger partial charge in [-0.15, -0.1) is 0 Å². The molecule has 0 bridgehead atoms. The Labute approximate surface area is 158 Å². The molecule has 1 heterocycles. The highest BCUT2D eigenvalue weighted by atomic mass is 16.2. The van der Waals surface area contributed by atoms with Crippen molar-refractivity contribution in [1.82, 2.24) is 9.80 Å². The van der Waals surface area contributed by atoms with Crippen molar-refractivity contribution in [3.05, 3.63) is 35.9 Å². The molecule has 0 unspecified atom stereocenters. The maximum Gasteiger partial charge on any atom is 0.290 e. The average molecular weight is 359 g/mol. The molecular weight excluding hydrogens is 324 g/mol. The summed E-state index contributed by atoms with van der Waals surface area (Å²) in [6.07, 6.45) is 4.85. The molecule has 1 aromatic carbocycles. The second kappa shape index (κ2) is 9.31. The lowest BCUT2D eigenvalue weighted by Gasteiger charge is -2.30. The van der Waals surface area contributed by atoms with E-state index in [1.165, 1.54) is 5.56 Å². The predicted octanol–water partition coefficient (Wildman–Crippen LogP) is 3.55. The van der Waals surface area contributed by atoms with Gasteiger partial charge in [0, 0.05) is 24.5 Å². The van der Waals surface area contributed by atoms with Crippen molar-refractivity contribution in [1.29, 1.82) is 0 Å². The predicted molar refractivity (Wildman–Crippen MR) is 106 cm³/mol. The number of aryl methyl sites for hydroxylation is 1. The molecule has 1 fully saturated rings. The van der Waals surface area contributed by atoms with Gasteiger partial charge in [-0.1, -0.05) is 51.1 Å². The van der Waals surface area contributed by atoms with Crippen molar-refractivity contribution in [2.45, 2.75) is 58.9 Å². The Hall–Kier alpha value is -1.68. The Bertz CT molecular complexity index is 597. The molecule has 0 N–H and O–H groups in total. The Kier molecular flexibility index (Phi) is 7.39. The van der Waals surface area contributed by atoms with E-state index in [-0.39, 0.29) is 17.7 Å². The van der Waals surface area contributed by atoms with Gasteiger partial charge in [-0.25, -0.2) is 0 Å². The average Bonchev–Trinajstić information content (AvgIpc) is 3.09. The van der Waals surface area contributed by atoms with Crippen LogP contribution in [0.3, 0.4) is 0 Å². The summed E-state index contributed by atoms with van der Waals surface area (Å²) in [4.78, 5) is 29.4. The lowest BCUT2D eigenvalue weighted by Crippen LogP contribution is -2.48. The second-order valence-corrected chi connectivity index (χ2v) is 8.21. The van der Waals surface area contributed by atoms with Gasteiger partial charge in [0.1, 0.15) is 0 Å². The first kappa shape index (κ1) is 20.6. The topological polar surface area (TPSA) is 40.6 Å². The summed E-state index contributed by atoms with van der Waals surface area (Å²) in [7, 11) is 2.11. The summed E-state index contributed by atoms with van der Waals surface area (Å²) in [5.74, 6) is -0.518. The molecule has 0 radical (unpaired) electrons. The smallest absolute Gasteiger partial charge is 0.290 e. The molecule has 4 nitrogen and oxygen atoms in total. The highest BCUT2D eigenvalue weighted by Gasteiger charge is 2.38. The van der Waals surface area contributed by atoms with E-state index in [1.807, 2.05) is 31.7 Å². The summed E-state index contributed by atoms with van der Waals surface area (Å²) in [5, 5.41) is 0. The number of hydrogen-bond acceptors (Lipinski definition) is 3. The van der Waals surface area contributed by atoms with Gasteiger partial charge in [-0.2, -0.15) is 0 Å². The van der Waals surface area contributed by atoms with Crippen LogP contribution in [0, 0.1) is 5.41 Å². The van der Waals surface area contributed by atoms with Crippen LogP contribution in [0.25, 0.3) is 0 Å². The number of ketones is 1. The van der Waals surface area contributed by atoms with E-state index >= 15 is 0 Å². The molecule has 1 atom stereocenters. The largest absolute Gasteiger partial charge is 0.332 e. The van der Waals surface area contributed by atoms with Crippen LogP contribution in [-0.4, -0.2) is 54.2 Å². The first-order chi connectivity index (χ1) is 12.3. The van der Waals surface area contributed by atoms with Gasteiger partial charge in [0.25, 0.3) is 5.91 Å². The Morgan fingerprint density at radius 3 is 2.58 bits per heavy atom. The van der Waals surface area contributed by atoms with Gasteiger partial charge in [-0.05, 0) is 51.3 Å². The molecule has 2 rings (SSSR count). The van der Waals surface area contributed by atoms with Crippen LogP contribution >= 0.6 is 0 Å². The number of carbonyl (C=O) groups excluding carboxylic acids is 2. The van der Waals surface area contributed by atoms with Crippen LogP contribution in [0.15, 0.2) is 30.3 Å². The van der Waals surface area contributed by atoms with Gasteiger partial charge in [-0.3, -0.25) is 9.59 Å². The van der Waals surface area contributed by atoms with Crippen molar-refractivity contribution in [3.8, 4) is 0 Å². The number of amides is 1. The molecule has 1 aliphatic rings. The number of benzene rings is 1. The number of nitrogens with zero attached hydrogens (tertiary/aromatic N) is 2. The monoisotopic (exact) mass is 358 g/mol. The van der Waals surface area contributed by atoms with Crippen molar-refractivity contribution in [2.75, 3.05) is 26.7 Å². The maximum atomic E-state index is 12.7. The zero-order valence-electron chi connectivity index (χ0n) is 16.8. The van der Waals surface area contributed by atoms with E-state index < -0.39 is 5.41 Å². The van der Waals surface area contributed by atoms with Crippen molar-refractivity contribution >= 4 is 11.7 Å². The quantitative estimate of drug-likeness (QED) is 0.634. The zero-order chi connectivity index (χ0) is 19.2. The van der Waals surface area contributed by atoms with Gasteiger partial charge in [0.15, 0.2) is 0 Å². The fraction of sp³-hybridized carbons (Fsp3) is 0.636. The molecule has 1 amide bonds. The molecule has 0 aromatic heterocycles. The summed E-state index contributed by atoms with van der Waals surface area (Å²) < 4.78 is 0. The summed E-state index contributed by atoms with van der Waals surface area (Å²) >= 11 is 0. The number of likely N-dealkylation sites (N-methyl/N-ethyl adjacent to an activating group) is 1. The Morgan fingerprint density at radius 2 is 1.92 bits per heavy atom.